The van der Waals surface area contributed by atoms with E-state index in [1.165, 1.54) is 6.42 Å². The predicted octanol–water partition coefficient (Wildman–Crippen LogP) is 1.98. The minimum atomic E-state index is -0.396. The zero-order valence-electron chi connectivity index (χ0n) is 11.1. The van der Waals surface area contributed by atoms with E-state index in [2.05, 4.69) is 0 Å². The van der Waals surface area contributed by atoms with Gasteiger partial charge < -0.3 is 15.4 Å². The molecule has 1 saturated heterocycles. The first-order valence-corrected chi connectivity index (χ1v) is 6.60. The summed E-state index contributed by atoms with van der Waals surface area (Å²) in [6.45, 7) is 7.36. The molecule has 1 amide bonds. The molecule has 1 aliphatic heterocycles. The summed E-state index contributed by atoms with van der Waals surface area (Å²) >= 11 is 0. The van der Waals surface area contributed by atoms with Crippen LogP contribution >= 0.6 is 0 Å². The summed E-state index contributed by atoms with van der Waals surface area (Å²) in [5.41, 5.74) is 5.47. The highest BCUT2D eigenvalue weighted by molar-refractivity contribution is 5.68. The van der Waals surface area contributed by atoms with E-state index in [0.29, 0.717) is 6.04 Å². The summed E-state index contributed by atoms with van der Waals surface area (Å²) in [4.78, 5) is 13.7. The van der Waals surface area contributed by atoms with Crippen molar-refractivity contribution in [3.05, 3.63) is 0 Å². The van der Waals surface area contributed by atoms with Crippen molar-refractivity contribution in [3.63, 3.8) is 0 Å². The lowest BCUT2D eigenvalue weighted by Crippen LogP contribution is -2.42. The molecule has 1 heterocycles. The Hall–Kier alpha value is -0.770. The Morgan fingerprint density at radius 2 is 1.82 bits per heavy atom. The summed E-state index contributed by atoms with van der Waals surface area (Å²) in [6, 6.07) is 0.424. The van der Waals surface area contributed by atoms with Crippen LogP contribution in [-0.2, 0) is 4.74 Å². The van der Waals surface area contributed by atoms with Crippen molar-refractivity contribution in [2.24, 2.45) is 17.6 Å². The molecule has 2 atom stereocenters. The van der Waals surface area contributed by atoms with Crippen molar-refractivity contribution in [2.45, 2.75) is 51.7 Å². The van der Waals surface area contributed by atoms with Gasteiger partial charge in [0.05, 0.1) is 0 Å². The Balaban J connectivity index is 1.76. The van der Waals surface area contributed by atoms with Gasteiger partial charge in [-0.05, 0) is 51.9 Å². The van der Waals surface area contributed by atoms with Crippen molar-refractivity contribution in [2.75, 3.05) is 13.1 Å². The molecule has 0 bridgehead atoms. The first-order valence-electron chi connectivity index (χ1n) is 6.60. The molecule has 0 radical (unpaired) electrons. The smallest absolute Gasteiger partial charge is 0.410 e. The Bertz CT molecular complexity index is 290. The van der Waals surface area contributed by atoms with E-state index in [1.54, 1.807) is 0 Å². The van der Waals surface area contributed by atoms with E-state index in [4.69, 9.17) is 10.5 Å². The molecule has 0 spiro atoms. The maximum Gasteiger partial charge on any atom is 0.410 e. The van der Waals surface area contributed by atoms with Crippen molar-refractivity contribution < 1.29 is 9.53 Å². The first kappa shape index (κ1) is 12.7. The maximum atomic E-state index is 11.8. The van der Waals surface area contributed by atoms with Crippen LogP contribution in [-0.4, -0.2) is 35.7 Å². The highest BCUT2D eigenvalue weighted by Crippen LogP contribution is 2.40. The van der Waals surface area contributed by atoms with Crippen LogP contribution in [0.15, 0.2) is 0 Å². The number of amides is 1. The van der Waals surface area contributed by atoms with E-state index < -0.39 is 5.60 Å². The molecule has 0 aromatic heterocycles. The van der Waals surface area contributed by atoms with Gasteiger partial charge in [-0.15, -0.1) is 0 Å². The zero-order chi connectivity index (χ0) is 12.6. The van der Waals surface area contributed by atoms with Gasteiger partial charge >= 0.3 is 6.09 Å². The topological polar surface area (TPSA) is 55.6 Å². The number of likely N-dealkylation sites (tertiary alicyclic amines) is 1. The Kier molecular flexibility index (Phi) is 3.34. The summed E-state index contributed by atoms with van der Waals surface area (Å²) in [6.07, 6.45) is 3.17. The fraction of sp³-hybridized carbons (Fsp3) is 0.923. The molecule has 0 aromatic carbocycles. The molecule has 1 aliphatic carbocycles. The average molecular weight is 240 g/mol. The fourth-order valence-electron chi connectivity index (χ4n) is 2.61. The van der Waals surface area contributed by atoms with Gasteiger partial charge in [-0.1, -0.05) is 0 Å². The predicted molar refractivity (Wildman–Crippen MR) is 66.6 cm³/mol. The van der Waals surface area contributed by atoms with E-state index in [0.717, 1.165) is 37.8 Å². The van der Waals surface area contributed by atoms with E-state index >= 15 is 0 Å². The Morgan fingerprint density at radius 3 is 2.24 bits per heavy atom. The number of carbonyl (C=O) groups is 1. The van der Waals surface area contributed by atoms with Crippen LogP contribution in [0.2, 0.25) is 0 Å². The number of rotatable bonds is 1. The monoisotopic (exact) mass is 240 g/mol. The molecule has 1 saturated carbocycles. The molecule has 2 rings (SSSR count). The van der Waals surface area contributed by atoms with Crippen molar-refractivity contribution in [1.82, 2.24) is 4.90 Å². The highest BCUT2D eigenvalue weighted by atomic mass is 16.6. The van der Waals surface area contributed by atoms with E-state index in [9.17, 15) is 4.79 Å². The van der Waals surface area contributed by atoms with Gasteiger partial charge in [0.15, 0.2) is 0 Å². The molecule has 0 aromatic rings. The van der Waals surface area contributed by atoms with Crippen LogP contribution in [0.25, 0.3) is 0 Å². The molecule has 2 fully saturated rings. The number of ether oxygens (including phenoxy) is 1. The second kappa shape index (κ2) is 4.48. The highest BCUT2D eigenvalue weighted by Gasteiger charge is 2.41. The van der Waals surface area contributed by atoms with Crippen molar-refractivity contribution in [1.29, 1.82) is 0 Å². The third kappa shape index (κ3) is 3.35. The molecular formula is C13H24N2O2. The normalized spacial score (nSPS) is 30.2. The number of nitrogens with two attached hydrogens (primary N) is 1. The Morgan fingerprint density at radius 1 is 1.29 bits per heavy atom. The lowest BCUT2D eigenvalue weighted by Gasteiger charge is -2.33. The van der Waals surface area contributed by atoms with Gasteiger partial charge in [0.1, 0.15) is 5.60 Å². The molecular weight excluding hydrogens is 216 g/mol. The summed E-state index contributed by atoms with van der Waals surface area (Å²) < 4.78 is 5.37. The number of hydrogen-bond acceptors (Lipinski definition) is 3. The minimum Gasteiger partial charge on any atom is -0.444 e. The van der Waals surface area contributed by atoms with Gasteiger partial charge in [-0.2, -0.15) is 0 Å². The van der Waals surface area contributed by atoms with Gasteiger partial charge in [0.2, 0.25) is 0 Å². The SMILES string of the molecule is CC(C)(C)OC(=O)N1CCC([C@@H]2C[C@H]2N)CC1. The van der Waals surface area contributed by atoms with Crippen LogP contribution in [0.3, 0.4) is 0 Å². The standard InChI is InChI=1S/C13H24N2O2/c1-13(2,3)17-12(16)15-6-4-9(5-7-15)10-8-11(10)14/h9-11H,4-8,14H2,1-3H3/t10-,11+/m0/s1. The van der Waals surface area contributed by atoms with Gasteiger partial charge in [0.25, 0.3) is 0 Å². The van der Waals surface area contributed by atoms with E-state index in [1.807, 2.05) is 25.7 Å². The third-order valence-electron chi connectivity index (χ3n) is 3.69. The lowest BCUT2D eigenvalue weighted by molar-refractivity contribution is 0.0175. The molecule has 17 heavy (non-hydrogen) atoms. The van der Waals surface area contributed by atoms with E-state index in [-0.39, 0.29) is 6.09 Å². The summed E-state index contributed by atoms with van der Waals surface area (Å²) in [5, 5.41) is 0. The van der Waals surface area contributed by atoms with Gasteiger partial charge in [-0.3, -0.25) is 0 Å². The molecule has 2 N–H and O–H groups in total. The largest absolute Gasteiger partial charge is 0.444 e. The summed E-state index contributed by atoms with van der Waals surface area (Å²) in [7, 11) is 0. The lowest BCUT2D eigenvalue weighted by atomic mass is 9.92. The number of piperidine rings is 1. The van der Waals surface area contributed by atoms with Crippen LogP contribution in [0.4, 0.5) is 4.79 Å². The number of carbonyl (C=O) groups excluding carboxylic acids is 1. The molecule has 4 nitrogen and oxygen atoms in total. The average Bonchev–Trinajstić information content (AvgIpc) is 2.93. The van der Waals surface area contributed by atoms with Crippen LogP contribution in [0.1, 0.15) is 40.0 Å². The second-order valence-corrected chi connectivity index (χ2v) is 6.37. The molecule has 0 unspecified atom stereocenters. The van der Waals surface area contributed by atoms with Crippen LogP contribution in [0, 0.1) is 11.8 Å². The number of hydrogen-bond donors (Lipinski definition) is 1. The Labute approximate surface area is 103 Å². The third-order valence-corrected chi connectivity index (χ3v) is 3.69. The van der Waals surface area contributed by atoms with Crippen LogP contribution in [0.5, 0.6) is 0 Å². The summed E-state index contributed by atoms with van der Waals surface area (Å²) in [5.74, 6) is 1.44. The second-order valence-electron chi connectivity index (χ2n) is 6.37. The molecule has 98 valence electrons. The minimum absolute atomic E-state index is 0.170. The number of nitrogens with zero attached hydrogens (tertiary/aromatic N) is 1. The molecule has 4 heteroatoms. The quantitative estimate of drug-likeness (QED) is 0.762. The van der Waals surface area contributed by atoms with Gasteiger partial charge in [0, 0.05) is 19.1 Å². The van der Waals surface area contributed by atoms with Crippen molar-refractivity contribution >= 4 is 6.09 Å². The zero-order valence-corrected chi connectivity index (χ0v) is 11.1. The van der Waals surface area contributed by atoms with Gasteiger partial charge in [-0.25, -0.2) is 4.79 Å². The molecule has 2 aliphatic rings. The maximum absolute atomic E-state index is 11.8. The van der Waals surface area contributed by atoms with Crippen molar-refractivity contribution in [3.8, 4) is 0 Å². The fourth-order valence-corrected chi connectivity index (χ4v) is 2.61. The van der Waals surface area contributed by atoms with Crippen LogP contribution < -0.4 is 5.73 Å². The first-order chi connectivity index (χ1) is 7.87.